The van der Waals surface area contributed by atoms with E-state index >= 15 is 0 Å². The van der Waals surface area contributed by atoms with Crippen molar-refractivity contribution >= 4 is 49.9 Å². The molecule has 3 aromatic rings. The Bertz CT molecular complexity index is 1330. The second kappa shape index (κ2) is 11.2. The second-order valence-electron chi connectivity index (χ2n) is 9.38. The minimum atomic E-state index is -2.39. The van der Waals surface area contributed by atoms with Crippen molar-refractivity contribution in [2.24, 2.45) is 5.92 Å². The maximum Gasteiger partial charge on any atom is 0.236 e. The number of ether oxygens (including phenoxy) is 1. The monoisotopic (exact) mass is 546 g/mol. The molecule has 37 heavy (non-hydrogen) atoms. The molecule has 0 saturated carbocycles. The Hall–Kier alpha value is -2.94. The first-order valence-electron chi connectivity index (χ1n) is 12.1. The standard InChI is InChI=1S/C23H30N8O4S2/c1-29(19(32)13-30-3-2-15(11-30)14-37(33)34)12-17-8-18-20(36-17)22(31-4-6-35-7-5-31)28-21(27-18)16-9-25-23(24)26-10-16/h8-10,15,37H,2-7,11-14H2,1H3,(H2,24,25,26). The summed E-state index contributed by atoms with van der Waals surface area (Å²) in [6.45, 7) is 4.84. The van der Waals surface area contributed by atoms with Crippen molar-refractivity contribution in [3.05, 3.63) is 23.3 Å². The van der Waals surface area contributed by atoms with Crippen molar-refractivity contribution < 1.29 is 17.9 Å². The summed E-state index contributed by atoms with van der Waals surface area (Å²) in [4.78, 5) is 37.7. The van der Waals surface area contributed by atoms with E-state index in [-0.39, 0.29) is 30.1 Å². The minimum Gasteiger partial charge on any atom is -0.378 e. The summed E-state index contributed by atoms with van der Waals surface area (Å²) in [5.41, 5.74) is 7.13. The van der Waals surface area contributed by atoms with Gasteiger partial charge in [-0.2, -0.15) is 0 Å². The van der Waals surface area contributed by atoms with Gasteiger partial charge in [0.15, 0.2) is 11.6 Å². The molecule has 0 bridgehead atoms. The van der Waals surface area contributed by atoms with Gasteiger partial charge in [0, 0.05) is 44.0 Å². The van der Waals surface area contributed by atoms with Crippen LogP contribution in [-0.4, -0.2) is 103 Å². The van der Waals surface area contributed by atoms with Gasteiger partial charge in [0.2, 0.25) is 11.9 Å². The molecule has 5 rings (SSSR count). The van der Waals surface area contributed by atoms with Crippen LogP contribution >= 0.6 is 11.3 Å². The van der Waals surface area contributed by atoms with Crippen LogP contribution < -0.4 is 10.6 Å². The van der Waals surface area contributed by atoms with E-state index in [1.54, 1.807) is 35.7 Å². The summed E-state index contributed by atoms with van der Waals surface area (Å²) < 4.78 is 28.5. The molecule has 12 nitrogen and oxygen atoms in total. The lowest BCUT2D eigenvalue weighted by Crippen LogP contribution is -2.37. The largest absolute Gasteiger partial charge is 0.378 e. The number of anilines is 2. The Morgan fingerprint density at radius 1 is 1.22 bits per heavy atom. The van der Waals surface area contributed by atoms with Gasteiger partial charge < -0.3 is 20.3 Å². The molecule has 2 saturated heterocycles. The highest BCUT2D eigenvalue weighted by atomic mass is 32.2. The van der Waals surface area contributed by atoms with Crippen LogP contribution in [0, 0.1) is 5.92 Å². The Balaban J connectivity index is 1.35. The summed E-state index contributed by atoms with van der Waals surface area (Å²) in [5.74, 6) is 1.85. The molecule has 2 aliphatic heterocycles. The van der Waals surface area contributed by atoms with E-state index in [1.165, 1.54) is 0 Å². The lowest BCUT2D eigenvalue weighted by molar-refractivity contribution is -0.131. The average molecular weight is 547 g/mol. The van der Waals surface area contributed by atoms with E-state index in [1.807, 2.05) is 11.0 Å². The van der Waals surface area contributed by atoms with Crippen LogP contribution in [0.1, 0.15) is 11.3 Å². The molecule has 2 N–H and O–H groups in total. The molecule has 0 spiro atoms. The Kier molecular flexibility index (Phi) is 7.79. The van der Waals surface area contributed by atoms with Crippen LogP contribution in [0.2, 0.25) is 0 Å². The molecule has 0 aromatic carbocycles. The average Bonchev–Trinajstić information content (AvgIpc) is 3.49. The molecule has 1 unspecified atom stereocenters. The molecule has 0 radical (unpaired) electrons. The summed E-state index contributed by atoms with van der Waals surface area (Å²) in [7, 11) is -0.596. The highest BCUT2D eigenvalue weighted by Crippen LogP contribution is 2.35. The predicted octanol–water partition coefficient (Wildman–Crippen LogP) is 0.459. The van der Waals surface area contributed by atoms with Crippen molar-refractivity contribution in [1.82, 2.24) is 29.7 Å². The highest BCUT2D eigenvalue weighted by Gasteiger charge is 2.26. The van der Waals surface area contributed by atoms with Gasteiger partial charge in [-0.3, -0.25) is 9.69 Å². The van der Waals surface area contributed by atoms with Gasteiger partial charge in [-0.15, -0.1) is 11.3 Å². The molecule has 5 heterocycles. The number of morpholine rings is 1. The second-order valence-corrected chi connectivity index (χ2v) is 11.5. The number of rotatable bonds is 8. The number of amides is 1. The maximum absolute atomic E-state index is 12.9. The number of fused-ring (bicyclic) bond motifs is 1. The van der Waals surface area contributed by atoms with Gasteiger partial charge >= 0.3 is 0 Å². The van der Waals surface area contributed by atoms with Crippen molar-refractivity contribution in [2.75, 3.05) is 69.4 Å². The number of likely N-dealkylation sites (N-methyl/N-ethyl adjacent to an activating group) is 1. The Labute approximate surface area is 220 Å². The normalized spacial score (nSPS) is 18.6. The molecule has 3 aromatic heterocycles. The first-order valence-corrected chi connectivity index (χ1v) is 14.3. The summed E-state index contributed by atoms with van der Waals surface area (Å²) in [5, 5.41) is 0. The molecule has 14 heteroatoms. The summed E-state index contributed by atoms with van der Waals surface area (Å²) in [6, 6.07) is 2.01. The molecule has 1 atom stereocenters. The number of thiophene rings is 1. The zero-order valence-corrected chi connectivity index (χ0v) is 22.3. The van der Waals surface area contributed by atoms with Crippen LogP contribution in [0.4, 0.5) is 11.8 Å². The van der Waals surface area contributed by atoms with E-state index in [9.17, 15) is 13.2 Å². The van der Waals surface area contributed by atoms with Gasteiger partial charge in [-0.05, 0) is 24.9 Å². The van der Waals surface area contributed by atoms with Crippen LogP contribution in [0.15, 0.2) is 18.5 Å². The Morgan fingerprint density at radius 3 is 2.70 bits per heavy atom. The number of likely N-dealkylation sites (tertiary alicyclic amines) is 1. The molecule has 0 aliphatic carbocycles. The fraction of sp³-hybridized carbons (Fsp3) is 0.522. The number of nitrogens with zero attached hydrogens (tertiary/aromatic N) is 7. The van der Waals surface area contributed by atoms with Gasteiger partial charge in [0.05, 0.1) is 47.8 Å². The lowest BCUT2D eigenvalue weighted by Gasteiger charge is -2.28. The van der Waals surface area contributed by atoms with E-state index < -0.39 is 10.7 Å². The molecule has 198 valence electrons. The highest BCUT2D eigenvalue weighted by molar-refractivity contribution is 7.72. The fourth-order valence-electron chi connectivity index (χ4n) is 4.66. The van der Waals surface area contributed by atoms with Crippen molar-refractivity contribution in [3.63, 3.8) is 0 Å². The zero-order valence-electron chi connectivity index (χ0n) is 20.6. The number of carbonyl (C=O) groups is 1. The number of carbonyl (C=O) groups excluding carboxylic acids is 1. The Morgan fingerprint density at radius 2 is 1.97 bits per heavy atom. The summed E-state index contributed by atoms with van der Waals surface area (Å²) in [6.07, 6.45) is 4.04. The maximum atomic E-state index is 12.9. The smallest absolute Gasteiger partial charge is 0.236 e. The number of aromatic nitrogens is 4. The van der Waals surface area contributed by atoms with E-state index in [0.717, 1.165) is 47.0 Å². The van der Waals surface area contributed by atoms with Crippen molar-refractivity contribution in [1.29, 1.82) is 0 Å². The predicted molar refractivity (Wildman–Crippen MR) is 142 cm³/mol. The van der Waals surface area contributed by atoms with Gasteiger partial charge in [-0.25, -0.2) is 28.4 Å². The topological polar surface area (TPSA) is 148 Å². The first-order chi connectivity index (χ1) is 17.9. The van der Waals surface area contributed by atoms with Crippen LogP contribution in [-0.2, 0) is 26.8 Å². The molecular formula is C23H30N8O4S2. The molecule has 2 fully saturated rings. The molecule has 1 amide bonds. The zero-order chi connectivity index (χ0) is 25.9. The third-order valence-electron chi connectivity index (χ3n) is 6.60. The lowest BCUT2D eigenvalue weighted by atomic mass is 10.2. The fourth-order valence-corrected chi connectivity index (χ4v) is 6.55. The SMILES string of the molecule is CN(Cc1cc2nc(-c3cnc(N)nc3)nc(N3CCOCC3)c2s1)C(=O)CN1CCC(C[SH](=O)=O)C1. The first kappa shape index (κ1) is 25.7. The summed E-state index contributed by atoms with van der Waals surface area (Å²) >= 11 is 1.59. The number of nitrogens with two attached hydrogens (primary N) is 1. The van der Waals surface area contributed by atoms with Crippen molar-refractivity contribution in [2.45, 2.75) is 13.0 Å². The van der Waals surface area contributed by atoms with Crippen LogP contribution in [0.3, 0.4) is 0 Å². The number of hydrogen-bond donors (Lipinski definition) is 2. The van der Waals surface area contributed by atoms with E-state index in [4.69, 9.17) is 20.4 Å². The van der Waals surface area contributed by atoms with E-state index in [0.29, 0.717) is 37.7 Å². The van der Waals surface area contributed by atoms with Gasteiger partial charge in [0.25, 0.3) is 0 Å². The number of thiol groups is 1. The molecular weight excluding hydrogens is 516 g/mol. The quantitative estimate of drug-likeness (QED) is 0.380. The van der Waals surface area contributed by atoms with Crippen LogP contribution in [0.5, 0.6) is 0 Å². The van der Waals surface area contributed by atoms with Crippen molar-refractivity contribution in [3.8, 4) is 11.4 Å². The molecule has 2 aliphatic rings. The third-order valence-corrected chi connectivity index (χ3v) is 8.52. The number of nitrogen functional groups attached to an aromatic ring is 1. The van der Waals surface area contributed by atoms with Crippen LogP contribution in [0.25, 0.3) is 21.6 Å². The number of hydrogen-bond acceptors (Lipinski definition) is 12. The van der Waals surface area contributed by atoms with E-state index in [2.05, 4.69) is 14.9 Å². The third kappa shape index (κ3) is 6.14. The van der Waals surface area contributed by atoms with Gasteiger partial charge in [0.1, 0.15) is 10.7 Å². The van der Waals surface area contributed by atoms with Gasteiger partial charge in [-0.1, -0.05) is 0 Å². The minimum absolute atomic E-state index is 0.00353.